The summed E-state index contributed by atoms with van der Waals surface area (Å²) in [6, 6.07) is 5.70. The van der Waals surface area contributed by atoms with E-state index in [1.54, 1.807) is 6.92 Å². The number of H-pyrrole nitrogens is 1. The van der Waals surface area contributed by atoms with Gasteiger partial charge in [-0.3, -0.25) is 19.5 Å². The lowest BCUT2D eigenvalue weighted by atomic mass is 9.69. The number of hydrogen-bond donors (Lipinski definition) is 5. The number of carbonyl (C=O) groups excluding carboxylic acids is 3. The molecule has 44 heavy (non-hydrogen) atoms. The van der Waals surface area contributed by atoms with Crippen LogP contribution in [0.1, 0.15) is 47.4 Å². The topological polar surface area (TPSA) is 208 Å². The molecule has 14 nitrogen and oxygen atoms in total. The Morgan fingerprint density at radius 3 is 2.52 bits per heavy atom. The van der Waals surface area contributed by atoms with Crippen molar-refractivity contribution in [3.63, 3.8) is 0 Å². The summed E-state index contributed by atoms with van der Waals surface area (Å²) in [7, 11) is 4.09. The second kappa shape index (κ2) is 11.6. The minimum absolute atomic E-state index is 0.00203. The van der Waals surface area contributed by atoms with Crippen LogP contribution in [0.3, 0.4) is 0 Å². The lowest BCUT2D eigenvalue weighted by Crippen LogP contribution is -2.53. The van der Waals surface area contributed by atoms with Gasteiger partial charge in [0.25, 0.3) is 0 Å². The zero-order chi connectivity index (χ0) is 31.9. The fourth-order valence-electron chi connectivity index (χ4n) is 5.67. The molecule has 2 aliphatic rings. The number of rotatable bonds is 9. The van der Waals surface area contributed by atoms with E-state index in [9.17, 15) is 24.6 Å². The fraction of sp³-hybridized carbons (Fsp3) is 0.345. The first-order valence-electron chi connectivity index (χ1n) is 13.4. The van der Waals surface area contributed by atoms with Gasteiger partial charge in [-0.2, -0.15) is 4.98 Å². The van der Waals surface area contributed by atoms with Crippen LogP contribution in [0.15, 0.2) is 35.6 Å². The maximum atomic E-state index is 14.2. The van der Waals surface area contributed by atoms with E-state index in [4.69, 9.17) is 36.3 Å². The van der Waals surface area contributed by atoms with E-state index in [0.717, 1.165) is 0 Å². The number of phenols is 1. The number of ether oxygens (including phenoxy) is 4. The first-order valence-corrected chi connectivity index (χ1v) is 13.8. The monoisotopic (exact) mass is 627 g/mol. The van der Waals surface area contributed by atoms with Crippen molar-refractivity contribution in [1.29, 1.82) is 0 Å². The summed E-state index contributed by atoms with van der Waals surface area (Å²) in [6.07, 6.45) is -0.562. The van der Waals surface area contributed by atoms with E-state index in [2.05, 4.69) is 20.5 Å². The number of nitrogen functional groups attached to an aromatic ring is 1. The van der Waals surface area contributed by atoms with Crippen molar-refractivity contribution in [1.82, 2.24) is 20.5 Å². The highest BCUT2D eigenvalue weighted by Crippen LogP contribution is 2.56. The molecule has 2 heterocycles. The molecule has 1 aromatic heterocycles. The molecule has 15 heteroatoms. The Hall–Kier alpha value is -4.98. The molecule has 2 aromatic carbocycles. The molecule has 1 amide bonds. The molecule has 3 aromatic rings. The summed E-state index contributed by atoms with van der Waals surface area (Å²) in [4.78, 5) is 45.1. The summed E-state index contributed by atoms with van der Waals surface area (Å²) < 4.78 is 22.2. The van der Waals surface area contributed by atoms with Gasteiger partial charge in [0.05, 0.1) is 27.9 Å². The number of aliphatic hydroxyl groups is 1. The number of hydrogen-bond acceptors (Lipinski definition) is 12. The van der Waals surface area contributed by atoms with Crippen LogP contribution in [0.2, 0.25) is 5.02 Å². The van der Waals surface area contributed by atoms with Crippen molar-refractivity contribution >= 4 is 35.0 Å². The van der Waals surface area contributed by atoms with Crippen LogP contribution in [0.25, 0.3) is 0 Å². The highest BCUT2D eigenvalue weighted by molar-refractivity contribution is 6.35. The number of phenolic OH excluding ortho intramolecular Hbond substituents is 1. The predicted molar refractivity (Wildman–Crippen MR) is 155 cm³/mol. The van der Waals surface area contributed by atoms with Gasteiger partial charge < -0.3 is 40.2 Å². The Kier molecular flexibility index (Phi) is 8.04. The number of aromatic hydroxyl groups is 1. The predicted octanol–water partition coefficient (Wildman–Crippen LogP) is 3.00. The number of halogens is 1. The fourth-order valence-corrected chi connectivity index (χ4v) is 5.93. The largest absolute Gasteiger partial charge is 0.507 e. The number of aromatic nitrogens is 3. The number of carbonyl (C=O) groups is 3. The minimum atomic E-state index is -2.05. The van der Waals surface area contributed by atoms with Crippen LogP contribution in [0, 0.1) is 5.92 Å². The molecule has 3 atom stereocenters. The van der Waals surface area contributed by atoms with Gasteiger partial charge >= 0.3 is 0 Å². The Morgan fingerprint density at radius 1 is 1.18 bits per heavy atom. The lowest BCUT2D eigenvalue weighted by Gasteiger charge is -2.38. The molecule has 1 aliphatic heterocycles. The average molecular weight is 628 g/mol. The number of aliphatic hydroxyl groups excluding tert-OH is 1. The number of fused-ring (bicyclic) bond motifs is 1. The van der Waals surface area contributed by atoms with Gasteiger partial charge in [-0.25, -0.2) is 0 Å². The number of aromatic amines is 1. The zero-order valence-corrected chi connectivity index (χ0v) is 24.9. The Morgan fingerprint density at radius 2 is 1.89 bits per heavy atom. The SMILES string of the molecule is COc1cc(C(CC(=O)NCc2nc(N)n[nH]2)C2=C(O)C3(Oc4c(Cl)c(OC)cc(OC)c4C3=O)C(C)CC2=O)ccc1O. The summed E-state index contributed by atoms with van der Waals surface area (Å²) in [5.74, 6) is -3.90. The first kappa shape index (κ1) is 30.5. The maximum Gasteiger partial charge on any atom is 0.239 e. The van der Waals surface area contributed by atoms with E-state index < -0.39 is 40.7 Å². The molecule has 6 N–H and O–H groups in total. The summed E-state index contributed by atoms with van der Waals surface area (Å²) in [6.45, 7) is 1.55. The number of anilines is 1. The standard InChI is InChI=1S/C29H30ClN5O9/c1-12-7-16(37)22(26(39)29(12)27(40)23-18(42-3)10-19(43-4)24(30)25(23)44-29)14(13-5-6-15(36)17(8-13)41-2)9-21(38)32-11-20-33-28(31)35-34-20/h5-6,8,10,12,14,36,39H,7,9,11H2,1-4H3,(H,32,38)(H3,31,33,34,35). The molecular formula is C29H30ClN5O9. The van der Waals surface area contributed by atoms with E-state index >= 15 is 0 Å². The number of amides is 1. The third-order valence-corrected chi connectivity index (χ3v) is 8.22. The normalized spacial score (nSPS) is 19.9. The van der Waals surface area contributed by atoms with Gasteiger partial charge in [-0.1, -0.05) is 24.6 Å². The Labute approximate surface area is 256 Å². The van der Waals surface area contributed by atoms with E-state index in [0.29, 0.717) is 11.4 Å². The molecule has 3 unspecified atom stereocenters. The molecule has 5 rings (SSSR count). The van der Waals surface area contributed by atoms with Crippen molar-refractivity contribution in [2.75, 3.05) is 27.1 Å². The Bertz CT molecular complexity index is 1700. The van der Waals surface area contributed by atoms with Crippen LogP contribution in [0.4, 0.5) is 5.95 Å². The summed E-state index contributed by atoms with van der Waals surface area (Å²) in [5, 5.41) is 31.2. The van der Waals surface area contributed by atoms with Crippen molar-refractivity contribution in [2.45, 2.75) is 37.8 Å². The van der Waals surface area contributed by atoms with Crippen molar-refractivity contribution in [2.24, 2.45) is 5.92 Å². The van der Waals surface area contributed by atoms with Crippen molar-refractivity contribution < 1.29 is 43.5 Å². The quantitative estimate of drug-likeness (QED) is 0.232. The second-order valence-corrected chi connectivity index (χ2v) is 10.7. The molecule has 0 fully saturated rings. The van der Waals surface area contributed by atoms with Gasteiger partial charge in [-0.15, -0.1) is 5.10 Å². The van der Waals surface area contributed by atoms with Gasteiger partial charge in [0.1, 0.15) is 27.9 Å². The van der Waals surface area contributed by atoms with Crippen molar-refractivity contribution in [3.8, 4) is 28.7 Å². The van der Waals surface area contributed by atoms with Gasteiger partial charge in [0, 0.05) is 36.3 Å². The van der Waals surface area contributed by atoms with Crippen LogP contribution >= 0.6 is 11.6 Å². The first-order chi connectivity index (χ1) is 21.0. The lowest BCUT2D eigenvalue weighted by molar-refractivity contribution is -0.122. The number of Topliss-reactive ketones (excluding diaryl/α,β-unsaturated/α-hetero) is 2. The number of benzene rings is 2. The third-order valence-electron chi connectivity index (χ3n) is 7.86. The summed E-state index contributed by atoms with van der Waals surface area (Å²) >= 11 is 6.54. The molecule has 0 saturated heterocycles. The van der Waals surface area contributed by atoms with E-state index in [1.165, 1.54) is 45.6 Å². The number of allylic oxidation sites excluding steroid dienone is 1. The highest BCUT2D eigenvalue weighted by atomic mass is 35.5. The number of ketones is 2. The molecule has 0 bridgehead atoms. The maximum absolute atomic E-state index is 14.2. The summed E-state index contributed by atoms with van der Waals surface area (Å²) in [5.41, 5.74) is 3.60. The van der Waals surface area contributed by atoms with Crippen LogP contribution < -0.4 is 30.0 Å². The molecule has 1 spiro atoms. The molecule has 0 radical (unpaired) electrons. The van der Waals surface area contributed by atoms with E-state index in [1.807, 2.05) is 0 Å². The molecule has 232 valence electrons. The third kappa shape index (κ3) is 4.90. The van der Waals surface area contributed by atoms with Gasteiger partial charge in [-0.05, 0) is 17.7 Å². The van der Waals surface area contributed by atoms with Crippen LogP contribution in [-0.4, -0.2) is 69.8 Å². The molecule has 0 saturated carbocycles. The van der Waals surface area contributed by atoms with Crippen LogP contribution in [-0.2, 0) is 16.1 Å². The van der Waals surface area contributed by atoms with Crippen LogP contribution in [0.5, 0.6) is 28.7 Å². The number of nitrogens with two attached hydrogens (primary N) is 1. The number of nitrogens with zero attached hydrogens (tertiary/aromatic N) is 2. The smallest absolute Gasteiger partial charge is 0.239 e. The molecule has 1 aliphatic carbocycles. The van der Waals surface area contributed by atoms with Crippen molar-refractivity contribution in [3.05, 3.63) is 57.6 Å². The molecular weight excluding hydrogens is 598 g/mol. The van der Waals surface area contributed by atoms with E-state index in [-0.39, 0.29) is 70.2 Å². The number of nitrogens with one attached hydrogen (secondary N) is 2. The second-order valence-electron chi connectivity index (χ2n) is 10.4. The average Bonchev–Trinajstić information content (AvgIpc) is 3.56. The number of methoxy groups -OCH3 is 3. The van der Waals surface area contributed by atoms with Gasteiger partial charge in [0.2, 0.25) is 23.2 Å². The Balaban J connectivity index is 1.63. The van der Waals surface area contributed by atoms with Gasteiger partial charge in [0.15, 0.2) is 28.8 Å². The highest BCUT2D eigenvalue weighted by Gasteiger charge is 2.61. The minimum Gasteiger partial charge on any atom is -0.507 e. The zero-order valence-electron chi connectivity index (χ0n) is 24.2.